The molecule has 0 aromatic heterocycles. The van der Waals surface area contributed by atoms with Crippen LogP contribution in [0.25, 0.3) is 0 Å². The lowest BCUT2D eigenvalue weighted by molar-refractivity contribution is 0.283. The van der Waals surface area contributed by atoms with Crippen LogP contribution >= 0.6 is 0 Å². The van der Waals surface area contributed by atoms with Crippen molar-refractivity contribution >= 4 is 0 Å². The van der Waals surface area contributed by atoms with Crippen molar-refractivity contribution in [1.82, 2.24) is 5.32 Å². The molecule has 0 aromatic carbocycles. The smallest absolute Gasteiger partial charge is 0.0251 e. The molecule has 2 aliphatic rings. The maximum atomic E-state index is 3.49. The highest BCUT2D eigenvalue weighted by atomic mass is 15.1. The average Bonchev–Trinajstić information content (AvgIpc) is 2.05. The van der Waals surface area contributed by atoms with Crippen LogP contribution in [0.2, 0.25) is 0 Å². The minimum Gasteiger partial charge on any atom is -0.311 e. The van der Waals surface area contributed by atoms with E-state index in [4.69, 9.17) is 0 Å². The van der Waals surface area contributed by atoms with Gasteiger partial charge in [-0.25, -0.2) is 0 Å². The van der Waals surface area contributed by atoms with Gasteiger partial charge in [-0.05, 0) is 24.8 Å². The number of hydrogen-bond donors (Lipinski definition) is 1. The topological polar surface area (TPSA) is 12.0 Å². The molecule has 46 valence electrons. The first-order chi connectivity index (χ1) is 3.66. The molecule has 1 saturated heterocycles. The quantitative estimate of drug-likeness (QED) is 0.494. The van der Waals surface area contributed by atoms with E-state index in [2.05, 4.69) is 19.2 Å². The third-order valence-corrected chi connectivity index (χ3v) is 2.93. The maximum absolute atomic E-state index is 3.49. The van der Waals surface area contributed by atoms with Crippen LogP contribution in [0.5, 0.6) is 0 Å². The van der Waals surface area contributed by atoms with E-state index in [1.165, 1.54) is 19.4 Å². The lowest BCUT2D eigenvalue weighted by atomic mass is 9.95. The van der Waals surface area contributed by atoms with Gasteiger partial charge in [-0.3, -0.25) is 0 Å². The van der Waals surface area contributed by atoms with Crippen molar-refractivity contribution in [3.63, 3.8) is 0 Å². The highest BCUT2D eigenvalue weighted by Crippen LogP contribution is 2.60. The summed E-state index contributed by atoms with van der Waals surface area (Å²) in [5, 5.41) is 3.49. The van der Waals surface area contributed by atoms with E-state index in [1.54, 1.807) is 0 Å². The predicted octanol–water partition coefficient (Wildman–Crippen LogP) is 1.15. The average molecular weight is 111 g/mol. The Kier molecular flexibility index (Phi) is 0.583. The Hall–Kier alpha value is -0.0400. The van der Waals surface area contributed by atoms with Gasteiger partial charge in [-0.15, -0.1) is 0 Å². The Morgan fingerprint density at radius 2 is 1.88 bits per heavy atom. The van der Waals surface area contributed by atoms with Crippen LogP contribution in [0.15, 0.2) is 0 Å². The van der Waals surface area contributed by atoms with Gasteiger partial charge >= 0.3 is 0 Å². The van der Waals surface area contributed by atoms with Gasteiger partial charge in [-0.2, -0.15) is 0 Å². The molecule has 1 unspecified atom stereocenters. The van der Waals surface area contributed by atoms with Gasteiger partial charge in [0, 0.05) is 5.54 Å². The third-order valence-electron chi connectivity index (χ3n) is 2.93. The predicted molar refractivity (Wildman–Crippen MR) is 33.7 cm³/mol. The molecule has 1 saturated carbocycles. The van der Waals surface area contributed by atoms with Crippen molar-refractivity contribution in [2.75, 3.05) is 6.54 Å². The molecule has 1 N–H and O–H groups in total. The van der Waals surface area contributed by atoms with Gasteiger partial charge < -0.3 is 5.32 Å². The third kappa shape index (κ3) is 0.334. The number of hydrogen-bond acceptors (Lipinski definition) is 1. The second kappa shape index (κ2) is 0.971. The molecular formula is C7H13N. The number of rotatable bonds is 0. The van der Waals surface area contributed by atoms with Gasteiger partial charge in [0.05, 0.1) is 0 Å². The fourth-order valence-electron chi connectivity index (χ4n) is 1.87. The molecule has 0 bridgehead atoms. The van der Waals surface area contributed by atoms with E-state index < -0.39 is 0 Å². The standard InChI is InChI=1S/C7H13N/c1-6(2)5-7(6)3-4-8-7/h8H,3-5H2,1-2H3. The van der Waals surface area contributed by atoms with Crippen LogP contribution in [-0.2, 0) is 0 Å². The molecule has 1 heterocycles. The molecule has 1 spiro atoms. The molecule has 0 aromatic rings. The first-order valence-corrected chi connectivity index (χ1v) is 3.41. The van der Waals surface area contributed by atoms with Gasteiger partial charge in [0.25, 0.3) is 0 Å². The van der Waals surface area contributed by atoms with Crippen LogP contribution in [0, 0.1) is 5.41 Å². The summed E-state index contributed by atoms with van der Waals surface area (Å²) in [6.07, 6.45) is 2.82. The minimum absolute atomic E-state index is 0.618. The summed E-state index contributed by atoms with van der Waals surface area (Å²) in [5.74, 6) is 0. The summed E-state index contributed by atoms with van der Waals surface area (Å²) in [6.45, 7) is 5.95. The summed E-state index contributed by atoms with van der Waals surface area (Å²) in [4.78, 5) is 0. The minimum atomic E-state index is 0.618. The van der Waals surface area contributed by atoms with Crippen molar-refractivity contribution in [2.24, 2.45) is 5.41 Å². The summed E-state index contributed by atoms with van der Waals surface area (Å²) in [5.41, 5.74) is 1.25. The van der Waals surface area contributed by atoms with E-state index in [9.17, 15) is 0 Å². The second-order valence-electron chi connectivity index (χ2n) is 3.82. The van der Waals surface area contributed by atoms with Crippen LogP contribution in [-0.4, -0.2) is 12.1 Å². The molecule has 1 aliphatic carbocycles. The van der Waals surface area contributed by atoms with Crippen LogP contribution in [0.4, 0.5) is 0 Å². The van der Waals surface area contributed by atoms with E-state index in [1.807, 2.05) is 0 Å². The molecule has 2 fully saturated rings. The lowest BCUT2D eigenvalue weighted by Crippen LogP contribution is -2.48. The fraction of sp³-hybridized carbons (Fsp3) is 1.00. The number of nitrogens with one attached hydrogen (secondary N) is 1. The Bertz CT molecular complexity index is 122. The zero-order chi connectivity index (χ0) is 5.83. The molecule has 0 amide bonds. The Balaban J connectivity index is 2.12. The molecule has 0 radical (unpaired) electrons. The Morgan fingerprint density at radius 3 is 1.88 bits per heavy atom. The zero-order valence-corrected chi connectivity index (χ0v) is 5.62. The molecule has 1 heteroatoms. The van der Waals surface area contributed by atoms with Crippen molar-refractivity contribution < 1.29 is 0 Å². The van der Waals surface area contributed by atoms with Gasteiger partial charge in [0.15, 0.2) is 0 Å². The second-order valence-corrected chi connectivity index (χ2v) is 3.82. The fourth-order valence-corrected chi connectivity index (χ4v) is 1.87. The van der Waals surface area contributed by atoms with Crippen LogP contribution < -0.4 is 5.32 Å². The highest BCUT2D eigenvalue weighted by Gasteiger charge is 2.63. The summed E-state index contributed by atoms with van der Waals surface area (Å²) in [6, 6.07) is 0. The summed E-state index contributed by atoms with van der Waals surface area (Å²) in [7, 11) is 0. The monoisotopic (exact) mass is 111 g/mol. The molecule has 1 nitrogen and oxygen atoms in total. The van der Waals surface area contributed by atoms with Gasteiger partial charge in [-0.1, -0.05) is 13.8 Å². The molecular weight excluding hydrogens is 98.1 g/mol. The summed E-state index contributed by atoms with van der Waals surface area (Å²) < 4.78 is 0. The Morgan fingerprint density at radius 1 is 1.38 bits per heavy atom. The van der Waals surface area contributed by atoms with Crippen LogP contribution in [0.3, 0.4) is 0 Å². The van der Waals surface area contributed by atoms with Gasteiger partial charge in [0.1, 0.15) is 0 Å². The van der Waals surface area contributed by atoms with Crippen LogP contribution in [0.1, 0.15) is 26.7 Å². The van der Waals surface area contributed by atoms with Gasteiger partial charge in [0.2, 0.25) is 0 Å². The molecule has 1 atom stereocenters. The van der Waals surface area contributed by atoms with Crippen molar-refractivity contribution in [2.45, 2.75) is 32.2 Å². The largest absolute Gasteiger partial charge is 0.311 e. The molecule has 2 rings (SSSR count). The van der Waals surface area contributed by atoms with Crippen molar-refractivity contribution in [1.29, 1.82) is 0 Å². The summed E-state index contributed by atoms with van der Waals surface area (Å²) >= 11 is 0. The van der Waals surface area contributed by atoms with Crippen molar-refractivity contribution in [3.05, 3.63) is 0 Å². The first kappa shape index (κ1) is 4.80. The normalized spacial score (nSPS) is 48.8. The van der Waals surface area contributed by atoms with E-state index in [0.717, 1.165) is 0 Å². The highest BCUT2D eigenvalue weighted by molar-refractivity contribution is 5.21. The van der Waals surface area contributed by atoms with E-state index >= 15 is 0 Å². The molecule has 8 heavy (non-hydrogen) atoms. The SMILES string of the molecule is CC1(C)CC12CCN2. The van der Waals surface area contributed by atoms with Crippen molar-refractivity contribution in [3.8, 4) is 0 Å². The molecule has 1 aliphatic heterocycles. The lowest BCUT2D eigenvalue weighted by Gasteiger charge is -2.31. The zero-order valence-electron chi connectivity index (χ0n) is 5.62. The first-order valence-electron chi connectivity index (χ1n) is 3.41. The maximum Gasteiger partial charge on any atom is 0.0251 e. The Labute approximate surface area is 50.5 Å². The van der Waals surface area contributed by atoms with E-state index in [0.29, 0.717) is 11.0 Å². The van der Waals surface area contributed by atoms with E-state index in [-0.39, 0.29) is 0 Å².